The number of β-amino-alcohol motifs (C(OH)–C–C–N with tert-alkyl or cyclic N) is 1. The molecule has 3 unspecified atom stereocenters. The maximum Gasteiger partial charge on any atom is 0.255 e. The molecule has 1 aromatic carbocycles. The summed E-state index contributed by atoms with van der Waals surface area (Å²) in [6.45, 7) is 4.28. The fraction of sp³-hybridized carbons (Fsp3) is 0.550. The van der Waals surface area contributed by atoms with Crippen LogP contribution in [0.3, 0.4) is 0 Å². The number of hydrogen-bond donors (Lipinski definition) is 4. The molecule has 3 aliphatic rings. The maximum atomic E-state index is 12.9. The zero-order valence-corrected chi connectivity index (χ0v) is 16.0. The van der Waals surface area contributed by atoms with Crippen LogP contribution in [0.2, 0.25) is 0 Å². The lowest BCUT2D eigenvalue weighted by Gasteiger charge is -2.30. The Labute approximate surface area is 163 Å². The van der Waals surface area contributed by atoms with Crippen molar-refractivity contribution in [1.82, 2.24) is 20.9 Å². The van der Waals surface area contributed by atoms with E-state index in [4.69, 9.17) is 0 Å². The van der Waals surface area contributed by atoms with Crippen molar-refractivity contribution in [1.29, 1.82) is 0 Å². The van der Waals surface area contributed by atoms with Crippen molar-refractivity contribution in [3.05, 3.63) is 34.9 Å². The number of piperidine rings is 1. The van der Waals surface area contributed by atoms with Crippen LogP contribution in [0.1, 0.15) is 47.7 Å². The number of imide groups is 1. The van der Waals surface area contributed by atoms with Gasteiger partial charge in [0, 0.05) is 37.7 Å². The lowest BCUT2D eigenvalue weighted by molar-refractivity contribution is -0.136. The Morgan fingerprint density at radius 2 is 2.18 bits per heavy atom. The van der Waals surface area contributed by atoms with Gasteiger partial charge in [-0.05, 0) is 43.5 Å². The van der Waals surface area contributed by atoms with Crippen LogP contribution < -0.4 is 16.0 Å². The summed E-state index contributed by atoms with van der Waals surface area (Å²) in [6, 6.07) is 5.08. The van der Waals surface area contributed by atoms with Gasteiger partial charge in [0.2, 0.25) is 11.8 Å². The molecule has 8 heteroatoms. The van der Waals surface area contributed by atoms with Gasteiger partial charge in [-0.1, -0.05) is 12.1 Å². The molecule has 3 amide bonds. The van der Waals surface area contributed by atoms with Gasteiger partial charge >= 0.3 is 0 Å². The van der Waals surface area contributed by atoms with Crippen molar-refractivity contribution in [3.8, 4) is 0 Å². The average molecular weight is 386 g/mol. The van der Waals surface area contributed by atoms with E-state index >= 15 is 0 Å². The minimum atomic E-state index is -0.755. The summed E-state index contributed by atoms with van der Waals surface area (Å²) in [6.07, 6.45) is 1.33. The van der Waals surface area contributed by atoms with E-state index in [0.29, 0.717) is 38.0 Å². The molecule has 0 saturated carbocycles. The molecule has 28 heavy (non-hydrogen) atoms. The summed E-state index contributed by atoms with van der Waals surface area (Å²) < 4.78 is 0. The molecule has 2 saturated heterocycles. The molecule has 3 aliphatic heterocycles. The van der Waals surface area contributed by atoms with E-state index in [2.05, 4.69) is 16.0 Å². The van der Waals surface area contributed by atoms with Crippen LogP contribution in [-0.2, 0) is 22.7 Å². The second-order valence-corrected chi connectivity index (χ2v) is 8.02. The Morgan fingerprint density at radius 1 is 1.36 bits per heavy atom. The first-order valence-corrected chi connectivity index (χ1v) is 9.80. The average Bonchev–Trinajstić information content (AvgIpc) is 3.25. The van der Waals surface area contributed by atoms with Crippen molar-refractivity contribution < 1.29 is 19.5 Å². The summed E-state index contributed by atoms with van der Waals surface area (Å²) in [7, 11) is 0. The van der Waals surface area contributed by atoms with Gasteiger partial charge in [-0.15, -0.1) is 0 Å². The molecule has 0 radical (unpaired) electrons. The molecule has 3 heterocycles. The minimum Gasteiger partial charge on any atom is -0.387 e. The molecule has 0 aliphatic carbocycles. The number of nitrogens with zero attached hydrogens (tertiary/aromatic N) is 1. The molecule has 0 bridgehead atoms. The Balaban J connectivity index is 1.43. The zero-order chi connectivity index (χ0) is 19.9. The molecule has 0 spiro atoms. The molecular weight excluding hydrogens is 360 g/mol. The van der Waals surface area contributed by atoms with E-state index in [1.165, 1.54) is 0 Å². The van der Waals surface area contributed by atoms with Gasteiger partial charge in [0.1, 0.15) is 6.04 Å². The van der Waals surface area contributed by atoms with Gasteiger partial charge in [0.25, 0.3) is 5.91 Å². The number of rotatable bonds is 5. The third-order valence-corrected chi connectivity index (χ3v) is 6.18. The van der Waals surface area contributed by atoms with Crippen molar-refractivity contribution in [2.24, 2.45) is 0 Å². The van der Waals surface area contributed by atoms with E-state index in [-0.39, 0.29) is 24.3 Å². The highest BCUT2D eigenvalue weighted by atomic mass is 16.3. The molecule has 0 aromatic heterocycles. The number of nitrogens with one attached hydrogen (secondary N) is 3. The highest BCUT2D eigenvalue weighted by Gasteiger charge is 2.39. The van der Waals surface area contributed by atoms with Gasteiger partial charge in [0.05, 0.1) is 5.60 Å². The van der Waals surface area contributed by atoms with Gasteiger partial charge in [-0.2, -0.15) is 0 Å². The van der Waals surface area contributed by atoms with Crippen molar-refractivity contribution in [2.45, 2.75) is 57.0 Å². The largest absolute Gasteiger partial charge is 0.387 e. The molecule has 1 aromatic rings. The minimum absolute atomic E-state index is 0.0774. The van der Waals surface area contributed by atoms with Crippen LogP contribution in [0.4, 0.5) is 0 Å². The molecule has 150 valence electrons. The normalized spacial score (nSPS) is 28.4. The Bertz CT molecular complexity index is 818. The SMILES string of the molecule is CC(NCc1ccc2c(c1)C(=O)N(C1CCC(=O)NC1=O)C2)C1(O)CCNC1. The maximum absolute atomic E-state index is 12.9. The van der Waals surface area contributed by atoms with E-state index in [1.807, 2.05) is 25.1 Å². The smallest absolute Gasteiger partial charge is 0.255 e. The third kappa shape index (κ3) is 3.43. The van der Waals surface area contributed by atoms with Crippen molar-refractivity contribution in [3.63, 3.8) is 0 Å². The summed E-state index contributed by atoms with van der Waals surface area (Å²) in [5.74, 6) is -0.850. The molecule has 2 fully saturated rings. The van der Waals surface area contributed by atoms with Gasteiger partial charge in [0.15, 0.2) is 0 Å². The van der Waals surface area contributed by atoms with Gasteiger partial charge in [-0.3, -0.25) is 19.7 Å². The van der Waals surface area contributed by atoms with Crippen LogP contribution in [0.25, 0.3) is 0 Å². The van der Waals surface area contributed by atoms with Crippen molar-refractivity contribution in [2.75, 3.05) is 13.1 Å². The molecule has 4 N–H and O–H groups in total. The highest BCUT2D eigenvalue weighted by Crippen LogP contribution is 2.28. The van der Waals surface area contributed by atoms with Crippen molar-refractivity contribution >= 4 is 17.7 Å². The fourth-order valence-corrected chi connectivity index (χ4v) is 4.24. The van der Waals surface area contributed by atoms with E-state index < -0.39 is 17.6 Å². The highest BCUT2D eigenvalue weighted by molar-refractivity contribution is 6.05. The van der Waals surface area contributed by atoms with Gasteiger partial charge < -0.3 is 20.6 Å². The van der Waals surface area contributed by atoms with Gasteiger partial charge in [-0.25, -0.2) is 0 Å². The van der Waals surface area contributed by atoms with Crippen LogP contribution >= 0.6 is 0 Å². The monoisotopic (exact) mass is 386 g/mol. The first kappa shape index (κ1) is 19.0. The number of carbonyl (C=O) groups is 3. The van der Waals surface area contributed by atoms with Crippen LogP contribution in [0.15, 0.2) is 18.2 Å². The second-order valence-electron chi connectivity index (χ2n) is 8.02. The van der Waals surface area contributed by atoms with E-state index in [0.717, 1.165) is 17.7 Å². The number of carbonyl (C=O) groups excluding carboxylic acids is 3. The number of hydrogen-bond acceptors (Lipinski definition) is 6. The van der Waals surface area contributed by atoms with Crippen LogP contribution in [0.5, 0.6) is 0 Å². The predicted octanol–water partition coefficient (Wildman–Crippen LogP) is -0.350. The molecule has 4 rings (SSSR count). The summed E-state index contributed by atoms with van der Waals surface area (Å²) in [4.78, 5) is 37.9. The lowest BCUT2D eigenvalue weighted by Crippen LogP contribution is -2.52. The topological polar surface area (TPSA) is 111 Å². The number of aliphatic hydroxyl groups is 1. The molecule has 3 atom stereocenters. The van der Waals surface area contributed by atoms with Crippen LogP contribution in [0, 0.1) is 0 Å². The number of fused-ring (bicyclic) bond motifs is 1. The van der Waals surface area contributed by atoms with Crippen LogP contribution in [-0.4, -0.2) is 58.5 Å². The quantitative estimate of drug-likeness (QED) is 0.515. The Kier molecular flexibility index (Phi) is 4.95. The first-order chi connectivity index (χ1) is 13.4. The summed E-state index contributed by atoms with van der Waals surface area (Å²) >= 11 is 0. The lowest BCUT2D eigenvalue weighted by atomic mass is 9.94. The van der Waals surface area contributed by atoms with E-state index in [9.17, 15) is 19.5 Å². The summed E-state index contributed by atoms with van der Waals surface area (Å²) in [5, 5.41) is 19.5. The Hall–Kier alpha value is -2.29. The number of benzene rings is 1. The fourth-order valence-electron chi connectivity index (χ4n) is 4.24. The van der Waals surface area contributed by atoms with E-state index in [1.54, 1.807) is 4.90 Å². The standard InChI is InChI=1S/C20H26N4O4/c1-12(20(28)6-7-21-11-20)22-9-13-2-3-14-10-24(19(27)15(14)8-13)16-4-5-17(25)23-18(16)26/h2-3,8,12,16,21-22,28H,4-7,9-11H2,1H3,(H,23,25,26). The molecular formula is C20H26N4O4. The molecule has 8 nitrogen and oxygen atoms in total. The third-order valence-electron chi connectivity index (χ3n) is 6.18. The Morgan fingerprint density at radius 3 is 2.89 bits per heavy atom. The first-order valence-electron chi connectivity index (χ1n) is 9.80. The second kappa shape index (κ2) is 7.27. The zero-order valence-electron chi connectivity index (χ0n) is 16.0. The summed E-state index contributed by atoms with van der Waals surface area (Å²) in [5.41, 5.74) is 1.71. The predicted molar refractivity (Wildman–Crippen MR) is 101 cm³/mol. The number of amides is 3.